The minimum atomic E-state index is -0.155. The number of benzene rings is 1. The van der Waals surface area contributed by atoms with Crippen LogP contribution in [-0.2, 0) is 5.54 Å². The first-order chi connectivity index (χ1) is 16.5. The minimum Gasteiger partial charge on any atom is -0.359 e. The van der Waals surface area contributed by atoms with Crippen molar-refractivity contribution in [3.8, 4) is 0 Å². The molecule has 9 nitrogen and oxygen atoms in total. The Kier molecular flexibility index (Phi) is 5.18. The summed E-state index contributed by atoms with van der Waals surface area (Å²) in [6.45, 7) is 6.80. The van der Waals surface area contributed by atoms with Crippen LogP contribution >= 0.6 is 0 Å². The number of fused-ring (bicyclic) bond motifs is 1. The van der Waals surface area contributed by atoms with Gasteiger partial charge in [-0.15, -0.1) is 10.6 Å². The Labute approximate surface area is 200 Å². The number of piperidine rings is 1. The third kappa shape index (κ3) is 3.99. The number of hydrazine groups is 2. The summed E-state index contributed by atoms with van der Waals surface area (Å²) in [6, 6.07) is 9.62. The molecule has 1 saturated heterocycles. The van der Waals surface area contributed by atoms with Crippen molar-refractivity contribution in [3.05, 3.63) is 54.1 Å². The Bertz CT molecular complexity index is 1220. The van der Waals surface area contributed by atoms with Crippen molar-refractivity contribution >= 4 is 22.3 Å². The highest BCUT2D eigenvalue weighted by atomic mass is 15.7. The number of nitrogens with one attached hydrogen (secondary N) is 3. The van der Waals surface area contributed by atoms with Crippen molar-refractivity contribution in [1.29, 1.82) is 0 Å². The zero-order chi connectivity index (χ0) is 23.3. The molecule has 2 aromatic heterocycles. The molecular formula is C25H33N9. The molecule has 0 amide bonds. The molecule has 0 spiro atoms. The maximum Gasteiger partial charge on any atom is 0.127 e. The maximum atomic E-state index is 4.70. The highest BCUT2D eigenvalue weighted by Crippen LogP contribution is 2.47. The molecule has 34 heavy (non-hydrogen) atoms. The number of pyridine rings is 1. The van der Waals surface area contributed by atoms with E-state index in [2.05, 4.69) is 80.5 Å². The number of aromatic nitrogens is 4. The van der Waals surface area contributed by atoms with Gasteiger partial charge in [-0.25, -0.2) is 9.67 Å². The zero-order valence-corrected chi connectivity index (χ0v) is 20.1. The molecule has 6 rings (SSSR count). The van der Waals surface area contributed by atoms with Crippen molar-refractivity contribution in [2.45, 2.75) is 57.2 Å². The van der Waals surface area contributed by atoms with Gasteiger partial charge in [-0.05, 0) is 57.0 Å². The fraction of sp³-hybridized carbons (Fsp3) is 0.480. The monoisotopic (exact) mass is 459 g/mol. The largest absolute Gasteiger partial charge is 0.359 e. The Morgan fingerprint density at radius 2 is 1.94 bits per heavy atom. The normalized spacial score (nSPS) is 20.6. The van der Waals surface area contributed by atoms with Crippen LogP contribution in [0.3, 0.4) is 0 Å². The van der Waals surface area contributed by atoms with E-state index in [9.17, 15) is 0 Å². The van der Waals surface area contributed by atoms with E-state index in [0.717, 1.165) is 72.3 Å². The molecule has 4 heterocycles. The molecule has 1 aliphatic carbocycles. The fourth-order valence-corrected chi connectivity index (χ4v) is 5.09. The quantitative estimate of drug-likeness (QED) is 0.518. The maximum absolute atomic E-state index is 4.70. The van der Waals surface area contributed by atoms with E-state index in [4.69, 9.17) is 4.98 Å². The van der Waals surface area contributed by atoms with Crippen LogP contribution in [0.5, 0.6) is 0 Å². The molecule has 2 aliphatic heterocycles. The van der Waals surface area contributed by atoms with Gasteiger partial charge in [-0.2, -0.15) is 0 Å². The first kappa shape index (κ1) is 21.4. The molecule has 3 N–H and O–H groups in total. The summed E-state index contributed by atoms with van der Waals surface area (Å²) in [5, 5.41) is 17.0. The third-order valence-electron chi connectivity index (χ3n) is 7.44. The second-order valence-electron chi connectivity index (χ2n) is 10.2. The van der Waals surface area contributed by atoms with Crippen molar-refractivity contribution in [1.82, 2.24) is 40.8 Å². The van der Waals surface area contributed by atoms with E-state index < -0.39 is 0 Å². The van der Waals surface area contributed by atoms with Crippen molar-refractivity contribution in [2.24, 2.45) is 0 Å². The molecule has 1 aromatic carbocycles. The van der Waals surface area contributed by atoms with Crippen LogP contribution in [0.1, 0.15) is 56.8 Å². The summed E-state index contributed by atoms with van der Waals surface area (Å²) in [6.07, 6.45) is 10.5. The number of hydrogen-bond acceptors (Lipinski definition) is 8. The van der Waals surface area contributed by atoms with Crippen molar-refractivity contribution < 1.29 is 0 Å². The van der Waals surface area contributed by atoms with Crippen LogP contribution in [0.2, 0.25) is 0 Å². The van der Waals surface area contributed by atoms with Crippen LogP contribution in [0.15, 0.2) is 42.9 Å². The average Bonchev–Trinajstić information content (AvgIpc) is 3.24. The molecule has 0 bridgehead atoms. The number of anilines is 1. The molecule has 0 radical (unpaired) electrons. The molecule has 0 atom stereocenters. The van der Waals surface area contributed by atoms with Gasteiger partial charge in [0.25, 0.3) is 0 Å². The summed E-state index contributed by atoms with van der Waals surface area (Å²) >= 11 is 0. The first-order valence-electron chi connectivity index (χ1n) is 12.3. The second kappa shape index (κ2) is 8.25. The predicted molar refractivity (Wildman–Crippen MR) is 133 cm³/mol. The number of likely N-dealkylation sites (tertiary alicyclic amines) is 1. The van der Waals surface area contributed by atoms with Crippen LogP contribution in [-0.4, -0.2) is 56.1 Å². The number of hydrogen-bond donors (Lipinski definition) is 3. The van der Waals surface area contributed by atoms with Gasteiger partial charge < -0.3 is 15.6 Å². The molecule has 3 aliphatic rings. The summed E-state index contributed by atoms with van der Waals surface area (Å²) in [5.41, 5.74) is 9.32. The van der Waals surface area contributed by atoms with E-state index in [-0.39, 0.29) is 5.54 Å². The Hall–Kier alpha value is -3.17. The molecule has 1 saturated carbocycles. The average molecular weight is 460 g/mol. The lowest BCUT2D eigenvalue weighted by Gasteiger charge is -2.34. The first-order valence-corrected chi connectivity index (χ1v) is 12.3. The van der Waals surface area contributed by atoms with Crippen molar-refractivity contribution in [2.75, 3.05) is 25.5 Å². The van der Waals surface area contributed by atoms with Gasteiger partial charge >= 0.3 is 0 Å². The zero-order valence-electron chi connectivity index (χ0n) is 20.1. The van der Waals surface area contributed by atoms with E-state index in [1.807, 2.05) is 24.5 Å². The van der Waals surface area contributed by atoms with Gasteiger partial charge in [0.1, 0.15) is 11.5 Å². The summed E-state index contributed by atoms with van der Waals surface area (Å²) < 4.78 is 2.10. The van der Waals surface area contributed by atoms with Crippen LogP contribution in [0.25, 0.3) is 16.5 Å². The van der Waals surface area contributed by atoms with Gasteiger partial charge in [-0.3, -0.25) is 5.01 Å². The van der Waals surface area contributed by atoms with E-state index >= 15 is 0 Å². The predicted octanol–water partition coefficient (Wildman–Crippen LogP) is 3.23. The standard InChI is InChI=1S/C25H33N9/c1-17(2)33-10-6-21(7-11-33)34-16-23(29-31-34)25(8-9-25)27-24-13-20-12-18(4-5-19(20)14-26-24)22-15-32(3)30-28-22/h4-5,12-17,21,28,30H,6-11H2,1-3H3,(H,26,27). The van der Waals surface area contributed by atoms with Crippen molar-refractivity contribution in [3.63, 3.8) is 0 Å². The highest BCUT2D eigenvalue weighted by molar-refractivity contribution is 5.87. The van der Waals surface area contributed by atoms with Gasteiger partial charge in [0.05, 0.1) is 23.5 Å². The van der Waals surface area contributed by atoms with Gasteiger partial charge in [-0.1, -0.05) is 17.3 Å². The van der Waals surface area contributed by atoms with Crippen LogP contribution < -0.4 is 16.3 Å². The van der Waals surface area contributed by atoms with Gasteiger partial charge in [0.2, 0.25) is 0 Å². The van der Waals surface area contributed by atoms with Gasteiger partial charge in [0.15, 0.2) is 0 Å². The van der Waals surface area contributed by atoms with Crippen LogP contribution in [0.4, 0.5) is 5.82 Å². The second-order valence-corrected chi connectivity index (χ2v) is 10.2. The SMILES string of the molecule is CC(C)N1CCC(n2cc(C3(Nc4cc5cc(C6=CN(C)NN6)ccc5cn4)CC3)nn2)CC1. The highest BCUT2D eigenvalue weighted by Gasteiger charge is 2.47. The topological polar surface area (TPSA) is 86.2 Å². The summed E-state index contributed by atoms with van der Waals surface area (Å²) in [4.78, 5) is 7.24. The Morgan fingerprint density at radius 3 is 2.65 bits per heavy atom. The molecule has 3 aromatic rings. The lowest BCUT2D eigenvalue weighted by molar-refractivity contribution is 0.146. The third-order valence-corrected chi connectivity index (χ3v) is 7.44. The van der Waals surface area contributed by atoms with E-state index in [1.165, 1.54) is 0 Å². The lowest BCUT2D eigenvalue weighted by Crippen LogP contribution is -2.39. The fourth-order valence-electron chi connectivity index (χ4n) is 5.09. The summed E-state index contributed by atoms with van der Waals surface area (Å²) in [7, 11) is 1.97. The van der Waals surface area contributed by atoms with E-state index in [0.29, 0.717) is 12.1 Å². The molecular weight excluding hydrogens is 426 g/mol. The smallest absolute Gasteiger partial charge is 0.127 e. The lowest BCUT2D eigenvalue weighted by atomic mass is 10.0. The van der Waals surface area contributed by atoms with Crippen LogP contribution in [0, 0.1) is 0 Å². The molecule has 0 unspecified atom stereocenters. The van der Waals surface area contributed by atoms with E-state index in [1.54, 1.807) is 0 Å². The molecule has 2 fully saturated rings. The number of rotatable bonds is 6. The Balaban J connectivity index is 1.19. The minimum absolute atomic E-state index is 0.155. The van der Waals surface area contributed by atoms with Gasteiger partial charge in [0, 0.05) is 49.5 Å². The molecule has 9 heteroatoms. The molecule has 178 valence electrons. The summed E-state index contributed by atoms with van der Waals surface area (Å²) in [5.74, 6) is 0.880. The number of nitrogens with zero attached hydrogens (tertiary/aromatic N) is 6. The Morgan fingerprint density at radius 1 is 1.12 bits per heavy atom.